The van der Waals surface area contributed by atoms with E-state index in [1.165, 1.54) is 61.7 Å². The van der Waals surface area contributed by atoms with Gasteiger partial charge in [-0.15, -0.1) is 0 Å². The number of hydrogen-bond acceptors (Lipinski definition) is 2. The summed E-state index contributed by atoms with van der Waals surface area (Å²) >= 11 is 7.40. The Hall–Kier alpha value is -0.0805. The van der Waals surface area contributed by atoms with Gasteiger partial charge in [-0.1, -0.05) is 75.8 Å². The van der Waals surface area contributed by atoms with E-state index in [1.807, 2.05) is 0 Å². The van der Waals surface area contributed by atoms with E-state index >= 15 is 0 Å². The van der Waals surface area contributed by atoms with Gasteiger partial charge in [0.1, 0.15) is 0 Å². The summed E-state index contributed by atoms with van der Waals surface area (Å²) in [5.41, 5.74) is 0. The van der Waals surface area contributed by atoms with Crippen LogP contribution < -0.4 is 0 Å². The van der Waals surface area contributed by atoms with E-state index in [2.05, 4.69) is 29.8 Å². The first-order chi connectivity index (χ1) is 14.3. The molecule has 0 N–H and O–H groups in total. The van der Waals surface area contributed by atoms with Crippen LogP contribution in [0.5, 0.6) is 0 Å². The molecule has 4 atom stereocenters. The van der Waals surface area contributed by atoms with Crippen LogP contribution in [0.2, 0.25) is 0 Å². The summed E-state index contributed by atoms with van der Waals surface area (Å²) in [7, 11) is 0. The van der Waals surface area contributed by atoms with Gasteiger partial charge in [0.25, 0.3) is 0 Å². The Morgan fingerprint density at radius 1 is 0.567 bits per heavy atom. The summed E-state index contributed by atoms with van der Waals surface area (Å²) in [5.74, 6) is 0. The zero-order chi connectivity index (χ0) is 21.2. The minimum absolute atomic E-state index is 0. The normalized spacial score (nSPS) is 30.1. The monoisotopic (exact) mass is 497 g/mol. The summed E-state index contributed by atoms with van der Waals surface area (Å²) in [5, 5.41) is 41.2. The van der Waals surface area contributed by atoms with Crippen LogP contribution in [0.1, 0.15) is 57.1 Å². The third kappa shape index (κ3) is 13.4. The van der Waals surface area contributed by atoms with Gasteiger partial charge in [0.2, 0.25) is 0 Å². The predicted octanol–water partition coefficient (Wildman–Crippen LogP) is 6.79. The molecule has 30 heavy (non-hydrogen) atoms. The van der Waals surface area contributed by atoms with Crippen molar-refractivity contribution in [2.24, 2.45) is 0 Å². The molecule has 7 nitrogen and oxygen atoms in total. The van der Waals surface area contributed by atoms with Crippen LogP contribution in [-0.2, 0) is 17.1 Å². The van der Waals surface area contributed by atoms with Gasteiger partial charge in [-0.3, -0.25) is 0 Å². The first-order valence-corrected chi connectivity index (χ1v) is 11.4. The second-order valence-corrected chi connectivity index (χ2v) is 7.68. The molecule has 2 unspecified atom stereocenters. The van der Waals surface area contributed by atoms with E-state index in [9.17, 15) is 0 Å². The van der Waals surface area contributed by atoms with Crippen LogP contribution in [0, 0.1) is 0 Å². The van der Waals surface area contributed by atoms with E-state index in [4.69, 9.17) is 32.1 Å². The molecule has 0 amide bonds. The summed E-state index contributed by atoms with van der Waals surface area (Å²) in [6.07, 6.45) is 10.1. The maximum absolute atomic E-state index is 7.13. The Kier molecular flexibility index (Phi) is 20.7. The molecule has 181 valence electrons. The Morgan fingerprint density at radius 2 is 0.800 bits per heavy atom. The minimum atomic E-state index is 0. The fraction of sp³-hybridized carbons (Fsp3) is 0.900. The first-order valence-electron chi connectivity index (χ1n) is 10.6. The molecule has 10 heteroatoms. The van der Waals surface area contributed by atoms with Crippen molar-refractivity contribution in [1.82, 2.24) is 0 Å². The zero-order valence-corrected chi connectivity index (χ0v) is 20.3. The molecule has 0 aromatic carbocycles. The molecule has 2 aliphatic carbocycles. The molecule has 0 aromatic rings. The van der Waals surface area contributed by atoms with Crippen molar-refractivity contribution in [2.75, 3.05) is 39.3 Å². The summed E-state index contributed by atoms with van der Waals surface area (Å²) in [6.45, 7) is 5.21. The SMILES string of the molecule is C1CCC2[N-]CC[N-][C@@H]3CCCC[C@H]3[N-]CC[N-]CC[N-]C2C1.[HH].[HH].[HH].[HH].[Mn].[N-]=C=S.[N-]=C=S. The molecule has 3 rings (SSSR count). The van der Waals surface area contributed by atoms with Gasteiger partial charge < -0.3 is 37.4 Å². The van der Waals surface area contributed by atoms with Crippen molar-refractivity contribution in [3.05, 3.63) is 37.4 Å². The van der Waals surface area contributed by atoms with Crippen LogP contribution in [0.15, 0.2) is 0 Å². The molecule has 2 saturated carbocycles. The standard InChI is InChI=1S/C18H32N5.2CNS.Mn.4H2/c1-3-7-17-15(5-1)20-11-9-19-10-12-21-16-6-2-4-8-18(16)23-14-13-22-17;2*2-1-3;;;;;/h15-18H,1-14H2;;;;4*1H/q-5;2*-1;;;;;/t15-,16?,17-,18?;;;;;;;/m1......./s1. The topological polar surface area (TPSA) is 115 Å². The van der Waals surface area contributed by atoms with Gasteiger partial charge in [-0.2, -0.15) is 73.8 Å². The quantitative estimate of drug-likeness (QED) is 0.208. The maximum Gasteiger partial charge on any atom is 0 e. The number of thiocarbonyl (C=S) groups is 2. The van der Waals surface area contributed by atoms with Gasteiger partial charge >= 0.3 is 0 Å². The number of hydrogen-bond donors (Lipinski definition) is 0. The van der Waals surface area contributed by atoms with Crippen molar-refractivity contribution < 1.29 is 22.8 Å². The molecule has 1 saturated heterocycles. The second kappa shape index (κ2) is 20.8. The molecule has 0 aromatic heterocycles. The third-order valence-corrected chi connectivity index (χ3v) is 5.46. The van der Waals surface area contributed by atoms with Crippen LogP contribution in [0.3, 0.4) is 0 Å². The number of fused-ring (bicyclic) bond motifs is 2. The summed E-state index contributed by atoms with van der Waals surface area (Å²) in [4.78, 5) is 0. The summed E-state index contributed by atoms with van der Waals surface area (Å²) in [6, 6.07) is 1.76. The fourth-order valence-electron chi connectivity index (χ4n) is 4.18. The number of isothiocyanates is 2. The van der Waals surface area contributed by atoms with Crippen molar-refractivity contribution in [3.63, 3.8) is 0 Å². The third-order valence-electron chi connectivity index (χ3n) is 5.46. The average molecular weight is 498 g/mol. The van der Waals surface area contributed by atoms with E-state index in [1.54, 1.807) is 0 Å². The zero-order valence-electron chi connectivity index (χ0n) is 17.5. The molecule has 0 spiro atoms. The van der Waals surface area contributed by atoms with Crippen molar-refractivity contribution >= 4 is 34.8 Å². The van der Waals surface area contributed by atoms with Gasteiger partial charge in [-0.05, 0) is 0 Å². The Labute approximate surface area is 209 Å². The second-order valence-electron chi connectivity index (χ2n) is 7.32. The molecular formula is C20H40MnN7S2-7. The number of rotatable bonds is 0. The summed E-state index contributed by atoms with van der Waals surface area (Å²) < 4.78 is 0. The molecule has 1 radical (unpaired) electrons. The van der Waals surface area contributed by atoms with Crippen LogP contribution >= 0.6 is 24.4 Å². The molecule has 1 aliphatic heterocycles. The molecule has 3 aliphatic rings. The van der Waals surface area contributed by atoms with Gasteiger partial charge in [0.05, 0.1) is 0 Å². The van der Waals surface area contributed by atoms with Gasteiger partial charge in [-0.25, -0.2) is 0 Å². The predicted molar refractivity (Wildman–Crippen MR) is 138 cm³/mol. The number of nitrogens with zero attached hydrogens (tertiary/aromatic N) is 7. The van der Waals surface area contributed by atoms with E-state index in [0.717, 1.165) is 39.3 Å². The van der Waals surface area contributed by atoms with E-state index in [0.29, 0.717) is 24.2 Å². The van der Waals surface area contributed by atoms with E-state index in [-0.39, 0.29) is 22.8 Å². The first kappa shape index (κ1) is 29.9. The molecule has 0 bridgehead atoms. The Morgan fingerprint density at radius 3 is 1.07 bits per heavy atom. The molecule has 1 heterocycles. The molecular weight excluding hydrogens is 457 g/mol. The van der Waals surface area contributed by atoms with E-state index < -0.39 is 0 Å². The van der Waals surface area contributed by atoms with Crippen LogP contribution in [-0.4, -0.2) is 73.8 Å². The van der Waals surface area contributed by atoms with Gasteiger partial charge in [0.15, 0.2) is 0 Å². The average Bonchev–Trinajstić information content (AvgIpc) is 2.73. The smallest absolute Gasteiger partial charge is 0 e. The van der Waals surface area contributed by atoms with Crippen molar-refractivity contribution in [1.29, 1.82) is 0 Å². The largest absolute Gasteiger partial charge is 0.753 e. The van der Waals surface area contributed by atoms with Crippen molar-refractivity contribution in [2.45, 2.75) is 75.5 Å². The fourth-order valence-corrected chi connectivity index (χ4v) is 4.18. The minimum Gasteiger partial charge on any atom is -0.753 e. The van der Waals surface area contributed by atoms with Crippen LogP contribution in [0.25, 0.3) is 37.4 Å². The maximum atomic E-state index is 7.13. The van der Waals surface area contributed by atoms with Gasteiger partial charge in [0, 0.05) is 22.8 Å². The Balaban J connectivity index is -0.000000232. The Bertz CT molecular complexity index is 462. The van der Waals surface area contributed by atoms with Crippen molar-refractivity contribution in [3.8, 4) is 0 Å². The molecule has 3 fully saturated rings. The van der Waals surface area contributed by atoms with Crippen LogP contribution in [0.4, 0.5) is 0 Å².